The number of nitrogen functional groups attached to an aromatic ring is 1. The van der Waals surface area contributed by atoms with Gasteiger partial charge in [-0.3, -0.25) is 0 Å². The predicted molar refractivity (Wildman–Crippen MR) is 54.7 cm³/mol. The average molecular weight is 211 g/mol. The van der Waals surface area contributed by atoms with Crippen molar-refractivity contribution in [3.05, 3.63) is 28.9 Å². The van der Waals surface area contributed by atoms with Gasteiger partial charge in [0, 0.05) is 17.3 Å². The quantitative estimate of drug-likeness (QED) is 0.631. The zero-order valence-corrected chi connectivity index (χ0v) is 7.80. The number of carboxylic acid groups (broad SMARTS) is 1. The number of aromatic nitrogens is 1. The molecule has 0 atom stereocenters. The number of aromatic carboxylic acids is 1. The highest BCUT2D eigenvalue weighted by Crippen LogP contribution is 2.28. The number of hydrogen-bond donors (Lipinski definition) is 3. The Balaban J connectivity index is 2.88. The molecule has 1 aromatic heterocycles. The number of rotatable bonds is 1. The van der Waals surface area contributed by atoms with E-state index in [1.54, 1.807) is 6.07 Å². The van der Waals surface area contributed by atoms with Crippen molar-refractivity contribution in [3.8, 4) is 0 Å². The Morgan fingerprint density at radius 1 is 1.50 bits per heavy atom. The van der Waals surface area contributed by atoms with Crippen LogP contribution in [0.5, 0.6) is 0 Å². The molecular weight excluding hydrogens is 204 g/mol. The SMILES string of the molecule is Nc1cc(C(=O)O)c2[nH]cc(Cl)c2c1. The number of carbonyl (C=O) groups is 1. The lowest BCUT2D eigenvalue weighted by atomic mass is 10.1. The lowest BCUT2D eigenvalue weighted by Gasteiger charge is -1.99. The fraction of sp³-hybridized carbons (Fsp3) is 0. The van der Waals surface area contributed by atoms with E-state index < -0.39 is 5.97 Å². The molecule has 2 rings (SSSR count). The van der Waals surface area contributed by atoms with Gasteiger partial charge in [0.15, 0.2) is 0 Å². The average Bonchev–Trinajstić information content (AvgIpc) is 2.47. The zero-order valence-electron chi connectivity index (χ0n) is 7.04. The van der Waals surface area contributed by atoms with Crippen LogP contribution in [0, 0.1) is 0 Å². The van der Waals surface area contributed by atoms with Gasteiger partial charge in [-0.05, 0) is 12.1 Å². The monoisotopic (exact) mass is 210 g/mol. The Kier molecular flexibility index (Phi) is 1.86. The summed E-state index contributed by atoms with van der Waals surface area (Å²) in [5, 5.41) is 9.99. The number of anilines is 1. The lowest BCUT2D eigenvalue weighted by molar-refractivity contribution is 0.0699. The first-order valence-corrected chi connectivity index (χ1v) is 4.27. The van der Waals surface area contributed by atoms with Crippen LogP contribution in [0.25, 0.3) is 10.9 Å². The third-order valence-corrected chi connectivity index (χ3v) is 2.30. The van der Waals surface area contributed by atoms with Crippen molar-refractivity contribution in [2.45, 2.75) is 0 Å². The fourth-order valence-corrected chi connectivity index (χ4v) is 1.59. The molecule has 5 heteroatoms. The number of nitrogens with two attached hydrogens (primary N) is 1. The van der Waals surface area contributed by atoms with Gasteiger partial charge in [-0.15, -0.1) is 0 Å². The van der Waals surface area contributed by atoms with Crippen molar-refractivity contribution < 1.29 is 9.90 Å². The molecule has 14 heavy (non-hydrogen) atoms. The van der Waals surface area contributed by atoms with Gasteiger partial charge in [-0.2, -0.15) is 0 Å². The highest BCUT2D eigenvalue weighted by Gasteiger charge is 2.12. The van der Waals surface area contributed by atoms with E-state index in [1.807, 2.05) is 0 Å². The van der Waals surface area contributed by atoms with E-state index in [-0.39, 0.29) is 5.56 Å². The normalized spacial score (nSPS) is 10.6. The molecule has 0 radical (unpaired) electrons. The first kappa shape index (κ1) is 8.90. The lowest BCUT2D eigenvalue weighted by Crippen LogP contribution is -1.99. The van der Waals surface area contributed by atoms with E-state index in [0.717, 1.165) is 0 Å². The summed E-state index contributed by atoms with van der Waals surface area (Å²) in [6.45, 7) is 0. The van der Waals surface area contributed by atoms with E-state index in [1.165, 1.54) is 12.3 Å². The van der Waals surface area contributed by atoms with Crippen LogP contribution in [0.3, 0.4) is 0 Å². The number of fused-ring (bicyclic) bond motifs is 1. The third kappa shape index (κ3) is 1.20. The van der Waals surface area contributed by atoms with Gasteiger partial charge >= 0.3 is 5.97 Å². The van der Waals surface area contributed by atoms with Crippen molar-refractivity contribution in [2.24, 2.45) is 0 Å². The van der Waals surface area contributed by atoms with Crippen LogP contribution in [-0.2, 0) is 0 Å². The second-order valence-electron chi connectivity index (χ2n) is 2.93. The van der Waals surface area contributed by atoms with Crippen molar-refractivity contribution >= 4 is 34.2 Å². The van der Waals surface area contributed by atoms with Crippen LogP contribution in [0.15, 0.2) is 18.3 Å². The van der Waals surface area contributed by atoms with E-state index in [9.17, 15) is 4.79 Å². The van der Waals surface area contributed by atoms with Crippen molar-refractivity contribution in [2.75, 3.05) is 5.73 Å². The first-order valence-electron chi connectivity index (χ1n) is 3.89. The largest absolute Gasteiger partial charge is 0.478 e. The number of hydrogen-bond acceptors (Lipinski definition) is 2. The molecule has 1 aromatic carbocycles. The molecule has 1 heterocycles. The summed E-state index contributed by atoms with van der Waals surface area (Å²) in [5.41, 5.74) is 6.57. The minimum Gasteiger partial charge on any atom is -0.478 e. The van der Waals surface area contributed by atoms with E-state index >= 15 is 0 Å². The number of H-pyrrole nitrogens is 1. The van der Waals surface area contributed by atoms with Gasteiger partial charge in [0.2, 0.25) is 0 Å². The smallest absolute Gasteiger partial charge is 0.337 e. The van der Waals surface area contributed by atoms with Crippen LogP contribution in [-0.4, -0.2) is 16.1 Å². The van der Waals surface area contributed by atoms with Gasteiger partial charge in [-0.1, -0.05) is 11.6 Å². The summed E-state index contributed by atoms with van der Waals surface area (Å²) in [6.07, 6.45) is 1.54. The standard InChI is InChI=1S/C9H7ClN2O2/c10-7-3-12-8-5(7)1-4(11)2-6(8)9(13)14/h1-3,12H,11H2,(H,13,14). The van der Waals surface area contributed by atoms with Gasteiger partial charge in [-0.25, -0.2) is 4.79 Å². The molecular formula is C9H7ClN2O2. The summed E-state index contributed by atoms with van der Waals surface area (Å²) in [6, 6.07) is 3.04. The van der Waals surface area contributed by atoms with Crippen molar-refractivity contribution in [1.82, 2.24) is 4.98 Å². The number of carboxylic acids is 1. The Morgan fingerprint density at radius 3 is 2.86 bits per heavy atom. The number of benzene rings is 1. The maximum absolute atomic E-state index is 10.9. The fourth-order valence-electron chi connectivity index (χ4n) is 1.39. The maximum Gasteiger partial charge on any atom is 0.337 e. The molecule has 0 aliphatic heterocycles. The minimum atomic E-state index is -1.03. The molecule has 0 aliphatic rings. The summed E-state index contributed by atoms with van der Waals surface area (Å²) < 4.78 is 0. The molecule has 0 saturated carbocycles. The first-order chi connectivity index (χ1) is 6.59. The second kappa shape index (κ2) is 2.92. The molecule has 0 amide bonds. The van der Waals surface area contributed by atoms with E-state index in [4.69, 9.17) is 22.4 Å². The van der Waals surface area contributed by atoms with Gasteiger partial charge in [0.1, 0.15) is 0 Å². The molecule has 2 aromatic rings. The molecule has 0 bridgehead atoms. The molecule has 0 fully saturated rings. The second-order valence-corrected chi connectivity index (χ2v) is 3.34. The van der Waals surface area contributed by atoms with Crippen LogP contribution in [0.2, 0.25) is 5.02 Å². The van der Waals surface area contributed by atoms with E-state index in [0.29, 0.717) is 21.6 Å². The molecule has 0 saturated heterocycles. The molecule has 0 aliphatic carbocycles. The molecule has 4 nitrogen and oxygen atoms in total. The van der Waals surface area contributed by atoms with Gasteiger partial charge < -0.3 is 15.8 Å². The van der Waals surface area contributed by atoms with Gasteiger partial charge in [0.05, 0.1) is 16.1 Å². The van der Waals surface area contributed by atoms with Crippen LogP contribution >= 0.6 is 11.6 Å². The highest BCUT2D eigenvalue weighted by molar-refractivity contribution is 6.36. The van der Waals surface area contributed by atoms with Gasteiger partial charge in [0.25, 0.3) is 0 Å². The minimum absolute atomic E-state index is 0.131. The Labute approximate surface area is 84.3 Å². The molecule has 72 valence electrons. The van der Waals surface area contributed by atoms with Crippen LogP contribution in [0.1, 0.15) is 10.4 Å². The summed E-state index contributed by atoms with van der Waals surface area (Å²) in [5.74, 6) is -1.03. The Morgan fingerprint density at radius 2 is 2.21 bits per heavy atom. The maximum atomic E-state index is 10.9. The Bertz CT molecular complexity index is 519. The molecule has 0 spiro atoms. The molecule has 4 N–H and O–H groups in total. The third-order valence-electron chi connectivity index (χ3n) is 1.99. The predicted octanol–water partition coefficient (Wildman–Crippen LogP) is 2.10. The van der Waals surface area contributed by atoms with Crippen LogP contribution < -0.4 is 5.73 Å². The number of nitrogens with one attached hydrogen (secondary N) is 1. The Hall–Kier alpha value is -1.68. The number of halogens is 1. The summed E-state index contributed by atoms with van der Waals surface area (Å²) in [7, 11) is 0. The zero-order chi connectivity index (χ0) is 10.3. The van der Waals surface area contributed by atoms with Crippen molar-refractivity contribution in [1.29, 1.82) is 0 Å². The number of aromatic amines is 1. The topological polar surface area (TPSA) is 79.1 Å². The molecule has 0 unspecified atom stereocenters. The van der Waals surface area contributed by atoms with E-state index in [2.05, 4.69) is 4.98 Å². The van der Waals surface area contributed by atoms with Crippen LogP contribution in [0.4, 0.5) is 5.69 Å². The highest BCUT2D eigenvalue weighted by atomic mass is 35.5. The summed E-state index contributed by atoms with van der Waals surface area (Å²) in [4.78, 5) is 13.7. The summed E-state index contributed by atoms with van der Waals surface area (Å²) >= 11 is 5.84. The van der Waals surface area contributed by atoms with Crippen molar-refractivity contribution in [3.63, 3.8) is 0 Å².